The Kier molecular flexibility index (Phi) is 5.85. The summed E-state index contributed by atoms with van der Waals surface area (Å²) in [7, 11) is -3.46. The first kappa shape index (κ1) is 21.1. The molecule has 0 fully saturated rings. The number of halogens is 3. The summed E-state index contributed by atoms with van der Waals surface area (Å²) in [5, 5.41) is 0. The Hall–Kier alpha value is -2.59. The topological polar surface area (TPSA) is 75.7 Å². The second-order valence-corrected chi connectivity index (χ2v) is 8.51. The lowest BCUT2D eigenvalue weighted by atomic mass is 9.98. The summed E-state index contributed by atoms with van der Waals surface area (Å²) in [5.74, 6) is 0.459. The third-order valence-electron chi connectivity index (χ3n) is 4.47. The van der Waals surface area contributed by atoms with Gasteiger partial charge in [-0.15, -0.1) is 0 Å². The van der Waals surface area contributed by atoms with Gasteiger partial charge < -0.3 is 9.64 Å². The Bertz CT molecular complexity index is 1010. The van der Waals surface area contributed by atoms with Gasteiger partial charge >= 0.3 is 6.18 Å². The van der Waals surface area contributed by atoms with Crippen molar-refractivity contribution >= 4 is 15.9 Å². The normalized spacial score (nSPS) is 14.4. The fourth-order valence-corrected chi connectivity index (χ4v) is 3.41. The Labute approximate surface area is 166 Å². The highest BCUT2D eigenvalue weighted by atomic mass is 32.2. The van der Waals surface area contributed by atoms with E-state index in [4.69, 9.17) is 4.74 Å². The number of benzene rings is 2. The van der Waals surface area contributed by atoms with Crippen LogP contribution in [0, 0.1) is 0 Å². The van der Waals surface area contributed by atoms with Crippen LogP contribution in [0.2, 0.25) is 0 Å². The summed E-state index contributed by atoms with van der Waals surface area (Å²) < 4.78 is 68.3. The lowest BCUT2D eigenvalue weighted by Crippen LogP contribution is -2.42. The van der Waals surface area contributed by atoms with E-state index in [9.17, 15) is 26.4 Å². The summed E-state index contributed by atoms with van der Waals surface area (Å²) in [4.78, 5) is 13.8. The number of carbonyl (C=O) groups excluding carboxylic acids is 1. The fourth-order valence-electron chi connectivity index (χ4n) is 3.03. The van der Waals surface area contributed by atoms with Gasteiger partial charge in [-0.25, -0.2) is 13.1 Å². The van der Waals surface area contributed by atoms with E-state index in [2.05, 4.69) is 4.72 Å². The molecule has 0 saturated carbocycles. The minimum atomic E-state index is -4.41. The van der Waals surface area contributed by atoms with E-state index in [1.165, 1.54) is 12.1 Å². The molecule has 2 aromatic carbocycles. The number of amides is 1. The molecule has 0 aromatic heterocycles. The molecule has 10 heteroatoms. The lowest BCUT2D eigenvalue weighted by Gasteiger charge is -2.30. The second kappa shape index (κ2) is 8.03. The van der Waals surface area contributed by atoms with Crippen molar-refractivity contribution < 1.29 is 31.1 Å². The van der Waals surface area contributed by atoms with Crippen molar-refractivity contribution in [3.63, 3.8) is 0 Å². The maximum atomic E-state index is 12.7. The van der Waals surface area contributed by atoms with E-state index in [1.54, 1.807) is 17.0 Å². The fraction of sp³-hybridized carbons (Fsp3) is 0.316. The molecule has 0 radical (unpaired) electrons. The Morgan fingerprint density at radius 1 is 1.17 bits per heavy atom. The Morgan fingerprint density at radius 2 is 1.86 bits per heavy atom. The number of nitrogens with zero attached hydrogens (tertiary/aromatic N) is 1. The van der Waals surface area contributed by atoms with Gasteiger partial charge in [-0.05, 0) is 42.3 Å². The SMILES string of the molecule is CS(=O)(=O)NCC(=O)N1CCc2c(cccc2Oc2ccc(C(F)(F)F)cc2)C1. The highest BCUT2D eigenvalue weighted by Gasteiger charge is 2.30. The van der Waals surface area contributed by atoms with Crippen molar-refractivity contribution in [1.82, 2.24) is 9.62 Å². The van der Waals surface area contributed by atoms with Gasteiger partial charge in [-0.2, -0.15) is 13.2 Å². The first-order valence-corrected chi connectivity index (χ1v) is 10.6. The van der Waals surface area contributed by atoms with E-state index in [0.717, 1.165) is 29.5 Å². The predicted molar refractivity (Wildman–Crippen MR) is 99.9 cm³/mol. The summed E-state index contributed by atoms with van der Waals surface area (Å²) in [6.07, 6.45) is -2.94. The van der Waals surface area contributed by atoms with E-state index < -0.39 is 21.8 Å². The van der Waals surface area contributed by atoms with Crippen molar-refractivity contribution in [3.8, 4) is 11.5 Å². The van der Waals surface area contributed by atoms with Crippen molar-refractivity contribution in [2.45, 2.75) is 19.1 Å². The second-order valence-electron chi connectivity index (χ2n) is 6.68. The minimum absolute atomic E-state index is 0.280. The van der Waals surface area contributed by atoms with Crippen LogP contribution < -0.4 is 9.46 Å². The predicted octanol–water partition coefficient (Wildman–Crippen LogP) is 2.93. The van der Waals surface area contributed by atoms with Gasteiger partial charge in [0.25, 0.3) is 0 Å². The summed E-state index contributed by atoms with van der Waals surface area (Å²) >= 11 is 0. The number of hydrogen-bond acceptors (Lipinski definition) is 4. The van der Waals surface area contributed by atoms with E-state index in [0.29, 0.717) is 25.3 Å². The van der Waals surface area contributed by atoms with Gasteiger partial charge in [-0.1, -0.05) is 12.1 Å². The van der Waals surface area contributed by atoms with Gasteiger partial charge in [0, 0.05) is 18.7 Å². The first-order chi connectivity index (χ1) is 13.5. The maximum absolute atomic E-state index is 12.7. The van der Waals surface area contributed by atoms with Crippen molar-refractivity contribution in [2.75, 3.05) is 19.3 Å². The molecule has 0 bridgehead atoms. The molecule has 1 N–H and O–H groups in total. The molecule has 0 aliphatic carbocycles. The molecular weight excluding hydrogens is 409 g/mol. The van der Waals surface area contributed by atoms with Crippen molar-refractivity contribution in [3.05, 3.63) is 59.2 Å². The molecule has 156 valence electrons. The number of fused-ring (bicyclic) bond motifs is 1. The van der Waals surface area contributed by atoms with Crippen LogP contribution in [0.4, 0.5) is 13.2 Å². The highest BCUT2D eigenvalue weighted by Crippen LogP contribution is 2.34. The van der Waals surface area contributed by atoms with Crippen LogP contribution in [0.15, 0.2) is 42.5 Å². The molecule has 3 rings (SSSR count). The highest BCUT2D eigenvalue weighted by molar-refractivity contribution is 7.88. The van der Waals surface area contributed by atoms with Crippen LogP contribution in [-0.4, -0.2) is 38.6 Å². The number of hydrogen-bond donors (Lipinski definition) is 1. The number of ether oxygens (including phenoxy) is 1. The molecule has 1 amide bonds. The zero-order chi connectivity index (χ0) is 21.2. The molecule has 1 heterocycles. The van der Waals surface area contributed by atoms with Gasteiger partial charge in [0.05, 0.1) is 18.4 Å². The number of sulfonamides is 1. The standard InChI is InChI=1S/C19H19F3N2O4S/c1-29(26,27)23-11-18(25)24-10-9-16-13(12-24)3-2-4-17(16)28-15-7-5-14(6-8-15)19(20,21)22/h2-8,23H,9-12H2,1H3. The summed E-state index contributed by atoms with van der Waals surface area (Å²) in [6.45, 7) is 0.365. The molecule has 0 unspecified atom stereocenters. The van der Waals surface area contributed by atoms with E-state index >= 15 is 0 Å². The quantitative estimate of drug-likeness (QED) is 0.795. The molecular formula is C19H19F3N2O4S. The van der Waals surface area contributed by atoms with Crippen molar-refractivity contribution in [2.24, 2.45) is 0 Å². The monoisotopic (exact) mass is 428 g/mol. The molecule has 2 aromatic rings. The van der Waals surface area contributed by atoms with Crippen LogP contribution in [0.1, 0.15) is 16.7 Å². The smallest absolute Gasteiger partial charge is 0.416 e. The summed E-state index contributed by atoms with van der Waals surface area (Å²) in [5.41, 5.74) is 0.956. The van der Waals surface area contributed by atoms with E-state index in [1.807, 2.05) is 6.07 Å². The number of rotatable bonds is 5. The third-order valence-corrected chi connectivity index (χ3v) is 5.14. The Morgan fingerprint density at radius 3 is 2.48 bits per heavy atom. The van der Waals surface area contributed by atoms with Crippen LogP contribution in [0.3, 0.4) is 0 Å². The minimum Gasteiger partial charge on any atom is -0.457 e. The average Bonchev–Trinajstić information content (AvgIpc) is 2.65. The van der Waals surface area contributed by atoms with Crippen molar-refractivity contribution in [1.29, 1.82) is 0 Å². The Balaban J connectivity index is 1.71. The number of carbonyl (C=O) groups is 1. The summed E-state index contributed by atoms with van der Waals surface area (Å²) in [6, 6.07) is 9.73. The molecule has 1 aliphatic heterocycles. The number of alkyl halides is 3. The third kappa shape index (κ3) is 5.48. The zero-order valence-electron chi connectivity index (χ0n) is 15.5. The lowest BCUT2D eigenvalue weighted by molar-refractivity contribution is -0.137. The van der Waals surface area contributed by atoms with Gasteiger partial charge in [-0.3, -0.25) is 4.79 Å². The van der Waals surface area contributed by atoms with Gasteiger partial charge in [0.2, 0.25) is 15.9 Å². The molecule has 0 spiro atoms. The zero-order valence-corrected chi connectivity index (χ0v) is 16.3. The van der Waals surface area contributed by atoms with Crippen LogP contribution in [0.25, 0.3) is 0 Å². The molecule has 29 heavy (non-hydrogen) atoms. The van der Waals surface area contributed by atoms with Crippen LogP contribution in [0.5, 0.6) is 11.5 Å². The number of nitrogens with one attached hydrogen (secondary N) is 1. The van der Waals surface area contributed by atoms with Gasteiger partial charge in [0.15, 0.2) is 0 Å². The maximum Gasteiger partial charge on any atom is 0.416 e. The largest absolute Gasteiger partial charge is 0.457 e. The first-order valence-electron chi connectivity index (χ1n) is 8.71. The average molecular weight is 428 g/mol. The molecule has 6 nitrogen and oxygen atoms in total. The van der Waals surface area contributed by atoms with Gasteiger partial charge in [0.1, 0.15) is 11.5 Å². The van der Waals surface area contributed by atoms with Crippen LogP contribution in [-0.2, 0) is 34.0 Å². The molecule has 0 atom stereocenters. The van der Waals surface area contributed by atoms with Crippen LogP contribution >= 0.6 is 0 Å². The molecule has 0 saturated heterocycles. The van der Waals surface area contributed by atoms with E-state index in [-0.39, 0.29) is 18.2 Å². The molecule has 1 aliphatic rings.